The Balaban J connectivity index is 2.68. The summed E-state index contributed by atoms with van der Waals surface area (Å²) in [5.41, 5.74) is 1.31. The Morgan fingerprint density at radius 1 is 1.56 bits per heavy atom. The van der Waals surface area contributed by atoms with Crippen molar-refractivity contribution in [1.29, 1.82) is 0 Å². The van der Waals surface area contributed by atoms with E-state index in [-0.39, 0.29) is 11.7 Å². The summed E-state index contributed by atoms with van der Waals surface area (Å²) in [6, 6.07) is 4.92. The molecule has 0 aliphatic heterocycles. The molecule has 0 aromatic heterocycles. The lowest BCUT2D eigenvalue weighted by molar-refractivity contribution is -0.117. The fraction of sp³-hybridized carbons (Fsp3) is 0.250. The number of rotatable bonds is 4. The first kappa shape index (κ1) is 12.1. The molecule has 0 saturated heterocycles. The van der Waals surface area contributed by atoms with Crippen LogP contribution in [-0.2, 0) is 11.3 Å². The molecule has 1 amide bonds. The van der Waals surface area contributed by atoms with Crippen LogP contribution < -0.4 is 10.1 Å². The van der Waals surface area contributed by atoms with Crippen molar-refractivity contribution in [3.05, 3.63) is 35.9 Å². The maximum absolute atomic E-state index is 11.2. The van der Waals surface area contributed by atoms with Crippen LogP contribution in [0.15, 0.2) is 30.4 Å². The SMILES string of the molecule is C=C(C)C(=O)NCc1ccc(O)c(OC)c1. The van der Waals surface area contributed by atoms with E-state index in [4.69, 9.17) is 4.74 Å². The topological polar surface area (TPSA) is 58.6 Å². The van der Waals surface area contributed by atoms with Crippen LogP contribution in [-0.4, -0.2) is 18.1 Å². The molecule has 0 heterocycles. The van der Waals surface area contributed by atoms with Gasteiger partial charge in [-0.1, -0.05) is 12.6 Å². The first-order chi connectivity index (χ1) is 7.54. The highest BCUT2D eigenvalue weighted by Gasteiger charge is 2.04. The van der Waals surface area contributed by atoms with E-state index in [0.717, 1.165) is 5.56 Å². The van der Waals surface area contributed by atoms with Crippen LogP contribution in [0.4, 0.5) is 0 Å². The summed E-state index contributed by atoms with van der Waals surface area (Å²) >= 11 is 0. The monoisotopic (exact) mass is 221 g/mol. The number of carbonyl (C=O) groups is 1. The lowest BCUT2D eigenvalue weighted by Crippen LogP contribution is -2.22. The number of phenolic OH excluding ortho intramolecular Hbond substituents is 1. The van der Waals surface area contributed by atoms with E-state index in [1.807, 2.05) is 0 Å². The van der Waals surface area contributed by atoms with E-state index in [0.29, 0.717) is 17.9 Å². The minimum Gasteiger partial charge on any atom is -0.504 e. The molecule has 4 heteroatoms. The predicted molar refractivity (Wildman–Crippen MR) is 61.3 cm³/mol. The molecule has 0 aliphatic carbocycles. The van der Waals surface area contributed by atoms with Gasteiger partial charge in [-0.3, -0.25) is 4.79 Å². The smallest absolute Gasteiger partial charge is 0.246 e. The minimum atomic E-state index is -0.188. The summed E-state index contributed by atoms with van der Waals surface area (Å²) in [5, 5.41) is 12.1. The Labute approximate surface area is 94.6 Å². The van der Waals surface area contributed by atoms with Gasteiger partial charge in [0.15, 0.2) is 11.5 Å². The number of phenols is 1. The Morgan fingerprint density at radius 2 is 2.25 bits per heavy atom. The number of nitrogens with one attached hydrogen (secondary N) is 1. The first-order valence-corrected chi connectivity index (χ1v) is 4.84. The van der Waals surface area contributed by atoms with Gasteiger partial charge >= 0.3 is 0 Å². The zero-order valence-corrected chi connectivity index (χ0v) is 9.41. The standard InChI is InChI=1S/C12H15NO3/c1-8(2)12(15)13-7-9-4-5-10(14)11(6-9)16-3/h4-6,14H,1,7H2,2-3H3,(H,13,15). The number of methoxy groups -OCH3 is 1. The molecule has 86 valence electrons. The molecule has 1 aromatic carbocycles. The van der Waals surface area contributed by atoms with Gasteiger partial charge in [0.1, 0.15) is 0 Å². The lowest BCUT2D eigenvalue weighted by Gasteiger charge is -2.08. The van der Waals surface area contributed by atoms with Crippen molar-refractivity contribution in [2.24, 2.45) is 0 Å². The summed E-state index contributed by atoms with van der Waals surface area (Å²) < 4.78 is 4.96. The highest BCUT2D eigenvalue weighted by atomic mass is 16.5. The molecule has 0 atom stereocenters. The minimum absolute atomic E-state index is 0.0810. The third kappa shape index (κ3) is 3.02. The van der Waals surface area contributed by atoms with Crippen LogP contribution in [0.5, 0.6) is 11.5 Å². The molecule has 1 aromatic rings. The summed E-state index contributed by atoms with van der Waals surface area (Å²) in [7, 11) is 1.48. The molecule has 0 unspecified atom stereocenters. The number of carbonyl (C=O) groups excluding carboxylic acids is 1. The van der Waals surface area contributed by atoms with E-state index in [1.165, 1.54) is 13.2 Å². The Bertz CT molecular complexity index is 413. The van der Waals surface area contributed by atoms with Crippen LogP contribution in [0.2, 0.25) is 0 Å². The molecule has 1 rings (SSSR count). The Hall–Kier alpha value is -1.97. The van der Waals surface area contributed by atoms with Gasteiger partial charge in [0.05, 0.1) is 7.11 Å². The number of amides is 1. The van der Waals surface area contributed by atoms with Gasteiger partial charge in [-0.15, -0.1) is 0 Å². The number of aromatic hydroxyl groups is 1. The van der Waals surface area contributed by atoms with Crippen LogP contribution in [0.25, 0.3) is 0 Å². The van der Waals surface area contributed by atoms with E-state index in [1.54, 1.807) is 19.1 Å². The number of benzene rings is 1. The molecule has 0 bridgehead atoms. The third-order valence-corrected chi connectivity index (χ3v) is 2.08. The normalized spacial score (nSPS) is 9.62. The number of hydrogen-bond acceptors (Lipinski definition) is 3. The second kappa shape index (κ2) is 5.21. The van der Waals surface area contributed by atoms with E-state index in [2.05, 4.69) is 11.9 Å². The van der Waals surface area contributed by atoms with E-state index in [9.17, 15) is 9.90 Å². The van der Waals surface area contributed by atoms with Gasteiger partial charge in [-0.2, -0.15) is 0 Å². The Kier molecular flexibility index (Phi) is 3.94. The maximum Gasteiger partial charge on any atom is 0.246 e. The largest absolute Gasteiger partial charge is 0.504 e. The average molecular weight is 221 g/mol. The molecular weight excluding hydrogens is 206 g/mol. The van der Waals surface area contributed by atoms with Crippen molar-refractivity contribution >= 4 is 5.91 Å². The van der Waals surface area contributed by atoms with Gasteiger partial charge in [0.2, 0.25) is 5.91 Å². The molecule has 0 saturated carbocycles. The van der Waals surface area contributed by atoms with Crippen molar-refractivity contribution in [3.8, 4) is 11.5 Å². The molecule has 0 fully saturated rings. The fourth-order valence-electron chi connectivity index (χ4n) is 1.17. The summed E-state index contributed by atoms with van der Waals surface area (Å²) in [5.74, 6) is 0.284. The van der Waals surface area contributed by atoms with Crippen molar-refractivity contribution in [2.75, 3.05) is 7.11 Å². The second-order valence-electron chi connectivity index (χ2n) is 3.47. The molecule has 0 radical (unpaired) electrons. The lowest BCUT2D eigenvalue weighted by atomic mass is 10.2. The number of hydrogen-bond donors (Lipinski definition) is 2. The zero-order chi connectivity index (χ0) is 12.1. The van der Waals surface area contributed by atoms with Crippen LogP contribution >= 0.6 is 0 Å². The summed E-state index contributed by atoms with van der Waals surface area (Å²) in [4.78, 5) is 11.2. The summed E-state index contributed by atoms with van der Waals surface area (Å²) in [6.45, 7) is 5.56. The average Bonchev–Trinajstić information content (AvgIpc) is 2.27. The van der Waals surface area contributed by atoms with Crippen molar-refractivity contribution < 1.29 is 14.6 Å². The van der Waals surface area contributed by atoms with Crippen LogP contribution in [0, 0.1) is 0 Å². The first-order valence-electron chi connectivity index (χ1n) is 4.84. The zero-order valence-electron chi connectivity index (χ0n) is 9.41. The third-order valence-electron chi connectivity index (χ3n) is 2.08. The highest BCUT2D eigenvalue weighted by Crippen LogP contribution is 2.26. The molecule has 4 nitrogen and oxygen atoms in total. The molecular formula is C12H15NO3. The van der Waals surface area contributed by atoms with E-state index >= 15 is 0 Å². The number of ether oxygens (including phenoxy) is 1. The molecule has 0 spiro atoms. The predicted octanol–water partition coefficient (Wildman–Crippen LogP) is 1.59. The Morgan fingerprint density at radius 3 is 2.81 bits per heavy atom. The van der Waals surface area contributed by atoms with Crippen molar-refractivity contribution in [1.82, 2.24) is 5.32 Å². The van der Waals surface area contributed by atoms with Crippen LogP contribution in [0.3, 0.4) is 0 Å². The van der Waals surface area contributed by atoms with Gasteiger partial charge < -0.3 is 15.2 Å². The van der Waals surface area contributed by atoms with Crippen molar-refractivity contribution in [3.63, 3.8) is 0 Å². The van der Waals surface area contributed by atoms with Gasteiger partial charge in [0, 0.05) is 12.1 Å². The molecule has 2 N–H and O–H groups in total. The van der Waals surface area contributed by atoms with E-state index < -0.39 is 0 Å². The summed E-state index contributed by atoms with van der Waals surface area (Å²) in [6.07, 6.45) is 0. The van der Waals surface area contributed by atoms with Gasteiger partial charge in [-0.05, 0) is 24.6 Å². The highest BCUT2D eigenvalue weighted by molar-refractivity contribution is 5.92. The van der Waals surface area contributed by atoms with Gasteiger partial charge in [-0.25, -0.2) is 0 Å². The van der Waals surface area contributed by atoms with Crippen LogP contribution in [0.1, 0.15) is 12.5 Å². The molecule has 16 heavy (non-hydrogen) atoms. The van der Waals surface area contributed by atoms with Crippen molar-refractivity contribution in [2.45, 2.75) is 13.5 Å². The van der Waals surface area contributed by atoms with Gasteiger partial charge in [0.25, 0.3) is 0 Å². The second-order valence-corrected chi connectivity index (χ2v) is 3.47. The molecule has 0 aliphatic rings. The maximum atomic E-state index is 11.2. The fourth-order valence-corrected chi connectivity index (χ4v) is 1.17. The quantitative estimate of drug-likeness (QED) is 0.759.